The molecule has 0 aliphatic rings. The van der Waals surface area contributed by atoms with Crippen molar-refractivity contribution < 1.29 is 35.6 Å². The molecular formula is C27H26ClF4N3O4S. The van der Waals surface area contributed by atoms with E-state index in [-0.39, 0.29) is 13.0 Å². The van der Waals surface area contributed by atoms with Crippen LogP contribution in [0.1, 0.15) is 16.7 Å². The highest BCUT2D eigenvalue weighted by Crippen LogP contribution is 2.37. The van der Waals surface area contributed by atoms with E-state index in [0.717, 1.165) is 23.3 Å². The highest BCUT2D eigenvalue weighted by molar-refractivity contribution is 7.92. The lowest BCUT2D eigenvalue weighted by atomic mass is 10.0. The van der Waals surface area contributed by atoms with Crippen molar-refractivity contribution >= 4 is 39.1 Å². The van der Waals surface area contributed by atoms with Crippen LogP contribution >= 0.6 is 11.6 Å². The fourth-order valence-corrected chi connectivity index (χ4v) is 5.07. The zero-order valence-electron chi connectivity index (χ0n) is 21.5. The highest BCUT2D eigenvalue weighted by Gasteiger charge is 2.36. The Morgan fingerprint density at radius 3 is 2.15 bits per heavy atom. The van der Waals surface area contributed by atoms with Crippen LogP contribution in [-0.2, 0) is 38.8 Å². The first-order valence-corrected chi connectivity index (χ1v) is 14.1. The molecule has 0 bridgehead atoms. The number of carbonyl (C=O) groups excluding carboxylic acids is 2. The van der Waals surface area contributed by atoms with Crippen LogP contribution in [-0.4, -0.2) is 51.0 Å². The van der Waals surface area contributed by atoms with E-state index in [0.29, 0.717) is 21.5 Å². The Balaban J connectivity index is 2.06. The van der Waals surface area contributed by atoms with Crippen LogP contribution in [0.15, 0.2) is 72.8 Å². The van der Waals surface area contributed by atoms with Crippen LogP contribution in [0.4, 0.5) is 23.2 Å². The maximum absolute atomic E-state index is 13.8. The number of nitrogens with zero attached hydrogens (tertiary/aromatic N) is 2. The third-order valence-electron chi connectivity index (χ3n) is 6.01. The molecule has 0 radical (unpaired) electrons. The van der Waals surface area contributed by atoms with Gasteiger partial charge < -0.3 is 10.2 Å². The van der Waals surface area contributed by atoms with Crippen molar-refractivity contribution in [2.45, 2.75) is 25.2 Å². The molecular weight excluding hydrogens is 574 g/mol. The molecule has 40 heavy (non-hydrogen) atoms. The maximum Gasteiger partial charge on any atom is 0.417 e. The molecule has 0 fully saturated rings. The van der Waals surface area contributed by atoms with Gasteiger partial charge in [-0.1, -0.05) is 54.1 Å². The van der Waals surface area contributed by atoms with Gasteiger partial charge in [0, 0.05) is 20.0 Å². The van der Waals surface area contributed by atoms with E-state index in [4.69, 9.17) is 11.6 Å². The molecule has 0 aliphatic carbocycles. The highest BCUT2D eigenvalue weighted by atomic mass is 35.5. The smallest absolute Gasteiger partial charge is 0.357 e. The van der Waals surface area contributed by atoms with Gasteiger partial charge in [0.1, 0.15) is 18.4 Å². The Bertz CT molecular complexity index is 1450. The summed E-state index contributed by atoms with van der Waals surface area (Å²) < 4.78 is 79.9. The maximum atomic E-state index is 13.8. The number of hydrogen-bond acceptors (Lipinski definition) is 4. The lowest BCUT2D eigenvalue weighted by Crippen LogP contribution is -2.52. The van der Waals surface area contributed by atoms with E-state index in [1.807, 2.05) is 0 Å². The number of alkyl halides is 3. The molecule has 0 spiro atoms. The second-order valence-corrected chi connectivity index (χ2v) is 11.2. The standard InChI is InChI=1S/C27H26ClF4N3O4S/c1-33-26(37)24(14-18-6-4-3-5-7-18)34(16-19-8-10-20(29)11-9-19)25(36)17-35(40(2,38)39)21-12-13-23(28)22(15-21)27(30,31)32/h3-13,15,24H,14,16-17H2,1-2H3,(H,33,37)/t24-/m0/s1. The summed E-state index contributed by atoms with van der Waals surface area (Å²) in [7, 11) is -2.91. The van der Waals surface area contributed by atoms with Gasteiger partial charge in [0.25, 0.3) is 0 Å². The molecule has 0 heterocycles. The number of sulfonamides is 1. The van der Waals surface area contributed by atoms with Crippen molar-refractivity contribution in [3.8, 4) is 0 Å². The molecule has 0 aliphatic heterocycles. The van der Waals surface area contributed by atoms with Gasteiger partial charge in [-0.15, -0.1) is 0 Å². The van der Waals surface area contributed by atoms with E-state index >= 15 is 0 Å². The topological polar surface area (TPSA) is 86.8 Å². The molecule has 1 N–H and O–H groups in total. The number of amides is 2. The van der Waals surface area contributed by atoms with Crippen molar-refractivity contribution in [3.63, 3.8) is 0 Å². The molecule has 7 nitrogen and oxygen atoms in total. The number of rotatable bonds is 10. The first kappa shape index (κ1) is 30.9. The Morgan fingerprint density at radius 1 is 0.975 bits per heavy atom. The number of halogens is 5. The lowest BCUT2D eigenvalue weighted by Gasteiger charge is -2.33. The number of hydrogen-bond donors (Lipinski definition) is 1. The minimum absolute atomic E-state index is 0.0471. The molecule has 3 aromatic rings. The molecule has 1 atom stereocenters. The van der Waals surface area contributed by atoms with Gasteiger partial charge in [0.05, 0.1) is 22.5 Å². The van der Waals surface area contributed by atoms with Crippen LogP contribution in [0, 0.1) is 5.82 Å². The van der Waals surface area contributed by atoms with Crippen LogP contribution in [0.2, 0.25) is 5.02 Å². The summed E-state index contributed by atoms with van der Waals surface area (Å²) in [6, 6.07) is 15.2. The predicted octanol–water partition coefficient (Wildman–Crippen LogP) is 4.65. The second kappa shape index (κ2) is 12.7. The van der Waals surface area contributed by atoms with Crippen molar-refractivity contribution in [1.82, 2.24) is 10.2 Å². The summed E-state index contributed by atoms with van der Waals surface area (Å²) in [6.07, 6.45) is -4.09. The summed E-state index contributed by atoms with van der Waals surface area (Å²) >= 11 is 5.69. The summed E-state index contributed by atoms with van der Waals surface area (Å²) in [5.41, 5.74) is -0.578. The Labute approximate surface area is 234 Å². The van der Waals surface area contributed by atoms with Crippen molar-refractivity contribution in [3.05, 3.63) is 100 Å². The average Bonchev–Trinajstić information content (AvgIpc) is 2.89. The summed E-state index contributed by atoms with van der Waals surface area (Å²) in [6.45, 7) is -1.13. The van der Waals surface area contributed by atoms with Gasteiger partial charge in [-0.3, -0.25) is 13.9 Å². The molecule has 3 aromatic carbocycles. The van der Waals surface area contributed by atoms with Gasteiger partial charge in [-0.05, 0) is 41.5 Å². The molecule has 214 valence electrons. The van der Waals surface area contributed by atoms with Gasteiger partial charge in [-0.25, -0.2) is 12.8 Å². The molecule has 0 saturated heterocycles. The fourth-order valence-electron chi connectivity index (χ4n) is 4.01. The van der Waals surface area contributed by atoms with Gasteiger partial charge in [-0.2, -0.15) is 13.2 Å². The third kappa shape index (κ3) is 7.95. The number of anilines is 1. The number of likely N-dealkylation sites (N-methyl/N-ethyl adjacent to an activating group) is 1. The van der Waals surface area contributed by atoms with E-state index in [1.54, 1.807) is 30.3 Å². The Kier molecular flexibility index (Phi) is 9.80. The SMILES string of the molecule is CNC(=O)[C@H](Cc1ccccc1)N(Cc1ccc(F)cc1)C(=O)CN(c1ccc(Cl)c(C(F)(F)F)c1)S(C)(=O)=O. The first-order valence-electron chi connectivity index (χ1n) is 11.8. The van der Waals surface area contributed by atoms with Crippen LogP contribution in [0.3, 0.4) is 0 Å². The number of carbonyl (C=O) groups is 2. The predicted molar refractivity (Wildman–Crippen MR) is 144 cm³/mol. The van der Waals surface area contributed by atoms with E-state index in [1.165, 1.54) is 31.3 Å². The van der Waals surface area contributed by atoms with Crippen LogP contribution in [0.25, 0.3) is 0 Å². The van der Waals surface area contributed by atoms with Gasteiger partial charge >= 0.3 is 6.18 Å². The molecule has 0 unspecified atom stereocenters. The molecule has 0 saturated carbocycles. The minimum Gasteiger partial charge on any atom is -0.357 e. The van der Waals surface area contributed by atoms with E-state index in [2.05, 4.69) is 5.32 Å². The largest absolute Gasteiger partial charge is 0.417 e. The van der Waals surface area contributed by atoms with Gasteiger partial charge in [0.15, 0.2) is 0 Å². The fraction of sp³-hybridized carbons (Fsp3) is 0.259. The molecule has 13 heteroatoms. The second-order valence-electron chi connectivity index (χ2n) is 8.90. The summed E-state index contributed by atoms with van der Waals surface area (Å²) in [5.74, 6) is -1.96. The quantitative estimate of drug-likeness (QED) is 0.344. The molecule has 2 amide bonds. The average molecular weight is 600 g/mol. The van der Waals surface area contributed by atoms with E-state index < -0.39 is 62.7 Å². The normalized spacial score (nSPS) is 12.5. The zero-order valence-corrected chi connectivity index (χ0v) is 23.0. The number of nitrogens with one attached hydrogen (secondary N) is 1. The summed E-state index contributed by atoms with van der Waals surface area (Å²) in [4.78, 5) is 27.9. The van der Waals surface area contributed by atoms with E-state index in [9.17, 15) is 35.6 Å². The monoisotopic (exact) mass is 599 g/mol. The summed E-state index contributed by atoms with van der Waals surface area (Å²) in [5, 5.41) is 1.85. The van der Waals surface area contributed by atoms with Gasteiger partial charge in [0.2, 0.25) is 21.8 Å². The van der Waals surface area contributed by atoms with Crippen molar-refractivity contribution in [2.24, 2.45) is 0 Å². The number of benzene rings is 3. The zero-order chi connectivity index (χ0) is 29.7. The van der Waals surface area contributed by atoms with Crippen LogP contribution in [0.5, 0.6) is 0 Å². The molecule has 0 aromatic heterocycles. The van der Waals surface area contributed by atoms with Crippen molar-refractivity contribution in [1.29, 1.82) is 0 Å². The minimum atomic E-state index is -4.88. The molecule has 3 rings (SSSR count). The lowest BCUT2D eigenvalue weighted by molar-refractivity contribution is -0.139. The van der Waals surface area contributed by atoms with Crippen LogP contribution < -0.4 is 9.62 Å². The Hall–Kier alpha value is -3.64. The third-order valence-corrected chi connectivity index (χ3v) is 7.48. The Morgan fingerprint density at radius 2 is 1.60 bits per heavy atom. The van der Waals surface area contributed by atoms with Crippen molar-refractivity contribution in [2.75, 3.05) is 24.2 Å². The first-order chi connectivity index (χ1) is 18.7.